The van der Waals surface area contributed by atoms with Gasteiger partial charge >= 0.3 is 0 Å². The molecule has 1 aromatic rings. The van der Waals surface area contributed by atoms with Crippen LogP contribution in [-0.4, -0.2) is 29.3 Å². The Labute approximate surface area is 163 Å². The average molecular weight is 388 g/mol. The lowest BCUT2D eigenvalue weighted by Gasteiger charge is -2.56. The quantitative estimate of drug-likeness (QED) is 0.847. The van der Waals surface area contributed by atoms with Crippen LogP contribution in [0.1, 0.15) is 51.4 Å². The van der Waals surface area contributed by atoms with E-state index in [1.165, 1.54) is 25.3 Å². The second-order valence-electron chi connectivity index (χ2n) is 9.47. The molecule has 4 nitrogen and oxygen atoms in total. The van der Waals surface area contributed by atoms with Crippen molar-refractivity contribution in [3.05, 3.63) is 29.8 Å². The number of benzene rings is 1. The Hall–Kier alpha value is -1.98. The molecule has 1 N–H and O–H groups in total. The number of nitrogens with one attached hydrogen (secondary N) is 1. The first-order chi connectivity index (χ1) is 13.4. The highest BCUT2D eigenvalue weighted by Crippen LogP contribution is 2.60. The number of rotatable bonds is 3. The van der Waals surface area contributed by atoms with E-state index in [0.29, 0.717) is 30.7 Å². The third kappa shape index (κ3) is 2.92. The van der Waals surface area contributed by atoms with Gasteiger partial charge in [0, 0.05) is 18.3 Å². The van der Waals surface area contributed by atoms with Crippen LogP contribution in [0.15, 0.2) is 18.2 Å². The van der Waals surface area contributed by atoms with Crippen LogP contribution in [-0.2, 0) is 9.59 Å². The molecule has 0 spiro atoms. The first-order valence-corrected chi connectivity index (χ1v) is 10.5. The lowest BCUT2D eigenvalue weighted by molar-refractivity contribution is -0.160. The Morgan fingerprint density at radius 2 is 1.64 bits per heavy atom. The molecular weight excluding hydrogens is 362 g/mol. The first kappa shape index (κ1) is 18.1. The zero-order valence-electron chi connectivity index (χ0n) is 15.9. The van der Waals surface area contributed by atoms with Crippen molar-refractivity contribution in [3.8, 4) is 0 Å². The van der Waals surface area contributed by atoms with E-state index < -0.39 is 17.7 Å². The molecule has 1 aromatic carbocycles. The maximum Gasteiger partial charge on any atom is 0.247 e. The molecular formula is C22H26F2N2O2. The molecule has 1 saturated heterocycles. The first-order valence-electron chi connectivity index (χ1n) is 10.5. The third-order valence-corrected chi connectivity index (χ3v) is 7.50. The van der Waals surface area contributed by atoms with Gasteiger partial charge in [-0.15, -0.1) is 0 Å². The summed E-state index contributed by atoms with van der Waals surface area (Å²) in [5.41, 5.74) is -0.0439. The van der Waals surface area contributed by atoms with Crippen LogP contribution >= 0.6 is 0 Å². The lowest BCUT2D eigenvalue weighted by Crippen LogP contribution is -2.56. The Morgan fingerprint density at radius 1 is 1.00 bits per heavy atom. The van der Waals surface area contributed by atoms with Gasteiger partial charge in [-0.1, -0.05) is 0 Å². The van der Waals surface area contributed by atoms with Gasteiger partial charge in [-0.2, -0.15) is 0 Å². The maximum atomic E-state index is 13.6. The molecule has 0 radical (unpaired) electrons. The zero-order chi connectivity index (χ0) is 19.5. The molecule has 150 valence electrons. The van der Waals surface area contributed by atoms with Crippen molar-refractivity contribution < 1.29 is 18.4 Å². The molecule has 6 heteroatoms. The SMILES string of the molecule is O=C(Nc1ccc(F)c(F)c1)[C@@H]1CCCN1C(=O)C12CC3CC(CC(C3)C1)C2. The molecule has 1 heterocycles. The van der Waals surface area contributed by atoms with Gasteiger partial charge in [0.05, 0.1) is 5.41 Å². The van der Waals surface area contributed by atoms with Crippen LogP contribution in [0.4, 0.5) is 14.5 Å². The highest BCUT2D eigenvalue weighted by atomic mass is 19.2. The van der Waals surface area contributed by atoms with Crippen LogP contribution in [0.2, 0.25) is 0 Å². The monoisotopic (exact) mass is 388 g/mol. The number of hydrogen-bond acceptors (Lipinski definition) is 2. The van der Waals surface area contributed by atoms with E-state index in [2.05, 4.69) is 5.32 Å². The Morgan fingerprint density at radius 3 is 2.25 bits per heavy atom. The summed E-state index contributed by atoms with van der Waals surface area (Å²) in [6.45, 7) is 0.608. The van der Waals surface area contributed by atoms with Crippen molar-refractivity contribution in [3.63, 3.8) is 0 Å². The van der Waals surface area contributed by atoms with Crippen LogP contribution < -0.4 is 5.32 Å². The predicted octanol–water partition coefficient (Wildman–Crippen LogP) is 4.11. The molecule has 4 saturated carbocycles. The minimum Gasteiger partial charge on any atom is -0.330 e. The van der Waals surface area contributed by atoms with E-state index in [4.69, 9.17) is 0 Å². The molecule has 2 amide bonds. The largest absolute Gasteiger partial charge is 0.330 e. The predicted molar refractivity (Wildman–Crippen MR) is 100 cm³/mol. The van der Waals surface area contributed by atoms with Crippen molar-refractivity contribution in [1.82, 2.24) is 4.90 Å². The standard InChI is InChI=1S/C22H26F2N2O2/c23-17-4-3-16(9-18(17)24)25-20(27)19-2-1-5-26(19)21(28)22-10-13-6-14(11-22)8-15(7-13)12-22/h3-4,9,13-15,19H,1-2,5-8,10-12H2,(H,25,27)/t13?,14?,15?,19-,22?/m0/s1. The normalized spacial score (nSPS) is 36.0. The molecule has 0 aromatic heterocycles. The smallest absolute Gasteiger partial charge is 0.247 e. The molecule has 1 aliphatic heterocycles. The number of carbonyl (C=O) groups is 2. The number of anilines is 1. The number of hydrogen-bond donors (Lipinski definition) is 1. The van der Waals surface area contributed by atoms with Gasteiger partial charge in [0.25, 0.3) is 0 Å². The van der Waals surface area contributed by atoms with Crippen molar-refractivity contribution in [2.75, 3.05) is 11.9 Å². The van der Waals surface area contributed by atoms with Gasteiger partial charge in [0.15, 0.2) is 11.6 Å². The summed E-state index contributed by atoms with van der Waals surface area (Å²) < 4.78 is 26.6. The fraction of sp³-hybridized carbons (Fsp3) is 0.636. The summed E-state index contributed by atoms with van der Waals surface area (Å²) >= 11 is 0. The topological polar surface area (TPSA) is 49.4 Å². The molecule has 5 aliphatic rings. The molecule has 1 atom stereocenters. The van der Waals surface area contributed by atoms with Crippen LogP contribution in [0.25, 0.3) is 0 Å². The number of amides is 2. The molecule has 0 unspecified atom stereocenters. The summed E-state index contributed by atoms with van der Waals surface area (Å²) in [4.78, 5) is 28.2. The minimum absolute atomic E-state index is 0.162. The summed E-state index contributed by atoms with van der Waals surface area (Å²) in [5, 5.41) is 2.67. The van der Waals surface area contributed by atoms with E-state index in [0.717, 1.165) is 37.8 Å². The van der Waals surface area contributed by atoms with Gasteiger partial charge in [0.2, 0.25) is 11.8 Å². The van der Waals surface area contributed by atoms with E-state index in [-0.39, 0.29) is 22.9 Å². The van der Waals surface area contributed by atoms with Crippen molar-refractivity contribution in [2.45, 2.75) is 57.4 Å². The van der Waals surface area contributed by atoms with Crippen molar-refractivity contribution >= 4 is 17.5 Å². The van der Waals surface area contributed by atoms with Crippen LogP contribution in [0.5, 0.6) is 0 Å². The Balaban J connectivity index is 1.33. The number of carbonyl (C=O) groups excluding carboxylic acids is 2. The molecule has 4 aliphatic carbocycles. The summed E-state index contributed by atoms with van der Waals surface area (Å²) in [6.07, 6.45) is 8.16. The number of likely N-dealkylation sites (tertiary alicyclic amines) is 1. The maximum absolute atomic E-state index is 13.6. The highest BCUT2D eigenvalue weighted by Gasteiger charge is 2.56. The van der Waals surface area contributed by atoms with E-state index >= 15 is 0 Å². The van der Waals surface area contributed by atoms with Crippen LogP contribution in [0.3, 0.4) is 0 Å². The van der Waals surface area contributed by atoms with Crippen LogP contribution in [0, 0.1) is 34.8 Å². The van der Waals surface area contributed by atoms with Gasteiger partial charge in [-0.05, 0) is 81.3 Å². The van der Waals surface area contributed by atoms with Gasteiger partial charge in [-0.3, -0.25) is 9.59 Å². The Kier molecular flexibility index (Phi) is 4.21. The van der Waals surface area contributed by atoms with E-state index in [1.807, 2.05) is 0 Å². The highest BCUT2D eigenvalue weighted by molar-refractivity contribution is 5.98. The Bertz CT molecular complexity index is 789. The fourth-order valence-electron chi connectivity index (χ4n) is 6.76. The summed E-state index contributed by atoms with van der Waals surface area (Å²) in [7, 11) is 0. The molecule has 28 heavy (non-hydrogen) atoms. The second kappa shape index (κ2) is 6.53. The third-order valence-electron chi connectivity index (χ3n) is 7.50. The fourth-order valence-corrected chi connectivity index (χ4v) is 6.76. The number of halogens is 2. The average Bonchev–Trinajstić information content (AvgIpc) is 3.13. The van der Waals surface area contributed by atoms with Crippen molar-refractivity contribution in [2.24, 2.45) is 23.2 Å². The van der Waals surface area contributed by atoms with Gasteiger partial charge < -0.3 is 10.2 Å². The van der Waals surface area contributed by atoms with E-state index in [1.54, 1.807) is 4.90 Å². The number of nitrogens with zero attached hydrogens (tertiary/aromatic N) is 1. The molecule has 4 bridgehead atoms. The molecule has 6 rings (SSSR count). The molecule has 5 fully saturated rings. The summed E-state index contributed by atoms with van der Waals surface area (Å²) in [6, 6.07) is 2.80. The van der Waals surface area contributed by atoms with Gasteiger partial charge in [0.1, 0.15) is 6.04 Å². The lowest BCUT2D eigenvalue weighted by atomic mass is 9.49. The second-order valence-corrected chi connectivity index (χ2v) is 9.47. The van der Waals surface area contributed by atoms with E-state index in [9.17, 15) is 18.4 Å². The van der Waals surface area contributed by atoms with Gasteiger partial charge in [-0.25, -0.2) is 8.78 Å². The summed E-state index contributed by atoms with van der Waals surface area (Å²) in [5.74, 6) is -0.0638. The minimum atomic E-state index is -0.995. The van der Waals surface area contributed by atoms with Crippen molar-refractivity contribution in [1.29, 1.82) is 0 Å². The zero-order valence-corrected chi connectivity index (χ0v) is 15.9.